The van der Waals surface area contributed by atoms with E-state index in [0.29, 0.717) is 12.5 Å². The first-order valence-electron chi connectivity index (χ1n) is 3.53. The number of hydrogen-bond donors (Lipinski definition) is 2. The monoisotopic (exact) mass is 131 g/mol. The minimum atomic E-state index is 0.579. The van der Waals surface area contributed by atoms with Gasteiger partial charge in [0.25, 0.3) is 0 Å². The molecule has 0 aromatic rings. The molecule has 0 saturated carbocycles. The molecule has 9 heavy (non-hydrogen) atoms. The highest BCUT2D eigenvalue weighted by molar-refractivity contribution is 4.55. The summed E-state index contributed by atoms with van der Waals surface area (Å²) < 4.78 is 0. The second-order valence-electron chi connectivity index (χ2n) is 3.10. The zero-order valence-corrected chi connectivity index (χ0v) is 6.52. The van der Waals surface area contributed by atoms with Crippen molar-refractivity contribution < 1.29 is 5.21 Å². The molecule has 0 heterocycles. The predicted octanol–water partition coefficient (Wildman–Crippen LogP) is 1.65. The maximum Gasteiger partial charge on any atom is 0.0233 e. The Morgan fingerprint density at radius 2 is 1.89 bits per heavy atom. The van der Waals surface area contributed by atoms with Crippen LogP contribution in [0, 0.1) is 11.8 Å². The molecule has 1 atom stereocenters. The standard InChI is InChI=1S/C7H17NO/c1-6(2)4-7(3)5-8-9/h6-9H,4-5H2,1-3H3. The summed E-state index contributed by atoms with van der Waals surface area (Å²) in [5.41, 5.74) is 2.17. The Bertz CT molecular complexity index is 63.9. The van der Waals surface area contributed by atoms with Crippen molar-refractivity contribution in [2.24, 2.45) is 11.8 Å². The van der Waals surface area contributed by atoms with Crippen LogP contribution < -0.4 is 5.48 Å². The minimum Gasteiger partial charge on any atom is -0.317 e. The minimum absolute atomic E-state index is 0.579. The van der Waals surface area contributed by atoms with Gasteiger partial charge in [-0.25, -0.2) is 5.48 Å². The van der Waals surface area contributed by atoms with Gasteiger partial charge in [0.15, 0.2) is 0 Å². The molecule has 0 aromatic carbocycles. The van der Waals surface area contributed by atoms with Gasteiger partial charge in [-0.3, -0.25) is 0 Å². The third-order valence-electron chi connectivity index (χ3n) is 1.31. The second-order valence-corrected chi connectivity index (χ2v) is 3.10. The van der Waals surface area contributed by atoms with Crippen molar-refractivity contribution in [2.75, 3.05) is 6.54 Å². The molecule has 2 heteroatoms. The first kappa shape index (κ1) is 8.92. The lowest BCUT2D eigenvalue weighted by Gasteiger charge is -2.11. The predicted molar refractivity (Wildman–Crippen MR) is 38.4 cm³/mol. The Morgan fingerprint density at radius 1 is 1.33 bits per heavy atom. The highest BCUT2D eigenvalue weighted by Crippen LogP contribution is 2.08. The maximum atomic E-state index is 8.30. The van der Waals surface area contributed by atoms with E-state index in [1.807, 2.05) is 0 Å². The Hall–Kier alpha value is -0.0800. The average Bonchev–Trinajstić information content (AvgIpc) is 1.63. The van der Waals surface area contributed by atoms with E-state index in [1.54, 1.807) is 0 Å². The van der Waals surface area contributed by atoms with Crippen molar-refractivity contribution in [1.29, 1.82) is 0 Å². The molecule has 56 valence electrons. The van der Waals surface area contributed by atoms with Crippen LogP contribution >= 0.6 is 0 Å². The topological polar surface area (TPSA) is 32.3 Å². The van der Waals surface area contributed by atoms with E-state index < -0.39 is 0 Å². The summed E-state index contributed by atoms with van der Waals surface area (Å²) in [5, 5.41) is 8.30. The van der Waals surface area contributed by atoms with E-state index in [-0.39, 0.29) is 0 Å². The third kappa shape index (κ3) is 5.80. The maximum absolute atomic E-state index is 8.30. The Morgan fingerprint density at radius 3 is 2.22 bits per heavy atom. The van der Waals surface area contributed by atoms with Crippen LogP contribution in [0.2, 0.25) is 0 Å². The molecular formula is C7H17NO. The fourth-order valence-electron chi connectivity index (χ4n) is 1.04. The van der Waals surface area contributed by atoms with Crippen molar-refractivity contribution in [3.63, 3.8) is 0 Å². The van der Waals surface area contributed by atoms with Gasteiger partial charge < -0.3 is 5.21 Å². The molecule has 0 fully saturated rings. The molecule has 0 aliphatic rings. The van der Waals surface area contributed by atoms with E-state index in [1.165, 1.54) is 6.42 Å². The summed E-state index contributed by atoms with van der Waals surface area (Å²) >= 11 is 0. The Kier molecular flexibility index (Phi) is 4.72. The Labute approximate surface area is 57.2 Å². The molecule has 0 bridgehead atoms. The quantitative estimate of drug-likeness (QED) is 0.568. The lowest BCUT2D eigenvalue weighted by molar-refractivity contribution is 0.147. The summed E-state index contributed by atoms with van der Waals surface area (Å²) in [6.07, 6.45) is 1.17. The number of nitrogens with one attached hydrogen (secondary N) is 1. The zero-order valence-electron chi connectivity index (χ0n) is 6.52. The van der Waals surface area contributed by atoms with Crippen LogP contribution in [0.4, 0.5) is 0 Å². The van der Waals surface area contributed by atoms with E-state index in [9.17, 15) is 0 Å². The lowest BCUT2D eigenvalue weighted by atomic mass is 9.99. The smallest absolute Gasteiger partial charge is 0.0233 e. The molecule has 0 spiro atoms. The molecule has 0 aliphatic carbocycles. The van der Waals surface area contributed by atoms with Gasteiger partial charge in [-0.2, -0.15) is 0 Å². The highest BCUT2D eigenvalue weighted by Gasteiger charge is 2.02. The molecule has 0 radical (unpaired) electrons. The first-order valence-corrected chi connectivity index (χ1v) is 3.53. The normalized spacial score (nSPS) is 14.3. The molecule has 2 nitrogen and oxygen atoms in total. The van der Waals surface area contributed by atoms with Gasteiger partial charge >= 0.3 is 0 Å². The SMILES string of the molecule is CC(C)CC(C)CNO. The van der Waals surface area contributed by atoms with Crippen molar-refractivity contribution in [1.82, 2.24) is 5.48 Å². The van der Waals surface area contributed by atoms with Crippen molar-refractivity contribution >= 4 is 0 Å². The van der Waals surface area contributed by atoms with Gasteiger partial charge in [0.2, 0.25) is 0 Å². The summed E-state index contributed by atoms with van der Waals surface area (Å²) in [6.45, 7) is 7.21. The first-order chi connectivity index (χ1) is 4.16. The molecule has 1 unspecified atom stereocenters. The van der Waals surface area contributed by atoms with Gasteiger partial charge in [-0.05, 0) is 18.3 Å². The largest absolute Gasteiger partial charge is 0.317 e. The number of rotatable bonds is 4. The van der Waals surface area contributed by atoms with E-state index in [2.05, 4.69) is 26.3 Å². The van der Waals surface area contributed by atoms with Crippen molar-refractivity contribution in [2.45, 2.75) is 27.2 Å². The molecule has 0 aromatic heterocycles. The van der Waals surface area contributed by atoms with Gasteiger partial charge in [0, 0.05) is 6.54 Å². The summed E-state index contributed by atoms with van der Waals surface area (Å²) in [4.78, 5) is 0. The van der Waals surface area contributed by atoms with Crippen LogP contribution in [0.25, 0.3) is 0 Å². The lowest BCUT2D eigenvalue weighted by Crippen LogP contribution is -2.18. The second kappa shape index (κ2) is 4.77. The fraction of sp³-hybridized carbons (Fsp3) is 1.00. The molecule has 0 aliphatic heterocycles. The average molecular weight is 131 g/mol. The molecule has 0 saturated heterocycles. The van der Waals surface area contributed by atoms with Crippen LogP contribution in [-0.2, 0) is 0 Å². The molecule has 0 amide bonds. The number of hydrogen-bond acceptors (Lipinski definition) is 2. The van der Waals surface area contributed by atoms with Gasteiger partial charge in [0.1, 0.15) is 0 Å². The molecular weight excluding hydrogens is 114 g/mol. The summed E-state index contributed by atoms with van der Waals surface area (Å²) in [6, 6.07) is 0. The van der Waals surface area contributed by atoms with Gasteiger partial charge in [0.05, 0.1) is 0 Å². The van der Waals surface area contributed by atoms with E-state index in [0.717, 1.165) is 5.92 Å². The van der Waals surface area contributed by atoms with Crippen LogP contribution in [0.15, 0.2) is 0 Å². The van der Waals surface area contributed by atoms with Crippen molar-refractivity contribution in [3.8, 4) is 0 Å². The Balaban J connectivity index is 3.15. The molecule has 0 rings (SSSR count). The van der Waals surface area contributed by atoms with E-state index >= 15 is 0 Å². The highest BCUT2D eigenvalue weighted by atomic mass is 16.5. The zero-order chi connectivity index (χ0) is 7.28. The number of hydroxylamine groups is 1. The van der Waals surface area contributed by atoms with E-state index in [4.69, 9.17) is 5.21 Å². The van der Waals surface area contributed by atoms with Crippen LogP contribution in [0.1, 0.15) is 27.2 Å². The van der Waals surface area contributed by atoms with Gasteiger partial charge in [-0.1, -0.05) is 20.8 Å². The summed E-state index contributed by atoms with van der Waals surface area (Å²) in [5.74, 6) is 1.31. The van der Waals surface area contributed by atoms with Crippen LogP contribution in [0.5, 0.6) is 0 Å². The van der Waals surface area contributed by atoms with Crippen LogP contribution in [-0.4, -0.2) is 11.8 Å². The fourth-order valence-corrected chi connectivity index (χ4v) is 1.04. The third-order valence-corrected chi connectivity index (χ3v) is 1.31. The van der Waals surface area contributed by atoms with Crippen LogP contribution in [0.3, 0.4) is 0 Å². The molecule has 2 N–H and O–H groups in total. The van der Waals surface area contributed by atoms with Crippen molar-refractivity contribution in [3.05, 3.63) is 0 Å². The summed E-state index contributed by atoms with van der Waals surface area (Å²) in [7, 11) is 0. The van der Waals surface area contributed by atoms with Gasteiger partial charge in [-0.15, -0.1) is 0 Å².